The van der Waals surface area contributed by atoms with E-state index >= 15 is 0 Å². The van der Waals surface area contributed by atoms with Crippen molar-refractivity contribution < 1.29 is 4.79 Å². The monoisotopic (exact) mass is 277 g/mol. The third kappa shape index (κ3) is 3.36. The lowest BCUT2D eigenvalue weighted by Crippen LogP contribution is -2.18. The van der Waals surface area contributed by atoms with Crippen molar-refractivity contribution in [1.82, 2.24) is 9.78 Å². The number of benzene rings is 2. The highest BCUT2D eigenvalue weighted by Gasteiger charge is 2.04. The first-order valence-corrected chi connectivity index (χ1v) is 6.74. The Bertz CT molecular complexity index is 704. The largest absolute Gasteiger partial charge is 0.324 e. The van der Waals surface area contributed by atoms with Gasteiger partial charge in [-0.2, -0.15) is 5.10 Å². The van der Waals surface area contributed by atoms with Crippen LogP contribution in [0.15, 0.2) is 73.1 Å². The van der Waals surface area contributed by atoms with E-state index in [1.165, 1.54) is 0 Å². The summed E-state index contributed by atoms with van der Waals surface area (Å²) in [6.07, 6.45) is 3.42. The van der Waals surface area contributed by atoms with Gasteiger partial charge in [-0.15, -0.1) is 0 Å². The molecule has 0 aliphatic carbocycles. The summed E-state index contributed by atoms with van der Waals surface area (Å²) in [5, 5.41) is 6.87. The van der Waals surface area contributed by atoms with Crippen molar-refractivity contribution in [3.05, 3.63) is 73.1 Å². The summed E-state index contributed by atoms with van der Waals surface area (Å²) in [6.45, 7) is 0.216. The standard InChI is InChI=1S/C17H15N3O/c21-17(13-20-12-4-11-18-20)19-16-9-7-15(8-10-16)14-5-2-1-3-6-14/h1-12H,13H2,(H,19,21). The van der Waals surface area contributed by atoms with Crippen LogP contribution in [0.2, 0.25) is 0 Å². The zero-order valence-electron chi connectivity index (χ0n) is 11.4. The van der Waals surface area contributed by atoms with Crippen LogP contribution in [0, 0.1) is 0 Å². The van der Waals surface area contributed by atoms with E-state index in [0.29, 0.717) is 0 Å². The Morgan fingerprint density at radius 3 is 2.33 bits per heavy atom. The fourth-order valence-corrected chi connectivity index (χ4v) is 2.12. The number of anilines is 1. The van der Waals surface area contributed by atoms with Crippen LogP contribution in [-0.4, -0.2) is 15.7 Å². The van der Waals surface area contributed by atoms with E-state index in [1.54, 1.807) is 23.1 Å². The normalized spacial score (nSPS) is 10.3. The molecule has 3 aromatic rings. The van der Waals surface area contributed by atoms with Gasteiger partial charge in [0.25, 0.3) is 0 Å². The summed E-state index contributed by atoms with van der Waals surface area (Å²) in [5.74, 6) is -0.0915. The lowest BCUT2D eigenvalue weighted by Gasteiger charge is -2.07. The highest BCUT2D eigenvalue weighted by atomic mass is 16.2. The van der Waals surface area contributed by atoms with Crippen LogP contribution in [0.1, 0.15) is 0 Å². The van der Waals surface area contributed by atoms with Gasteiger partial charge in [-0.05, 0) is 29.3 Å². The number of carbonyl (C=O) groups is 1. The Morgan fingerprint density at radius 2 is 1.67 bits per heavy atom. The predicted octanol–water partition coefficient (Wildman–Crippen LogP) is 3.19. The minimum absolute atomic E-state index is 0.0915. The predicted molar refractivity (Wildman–Crippen MR) is 82.7 cm³/mol. The number of nitrogens with zero attached hydrogens (tertiary/aromatic N) is 2. The van der Waals surface area contributed by atoms with Crippen LogP contribution < -0.4 is 5.32 Å². The first kappa shape index (κ1) is 13.1. The molecular weight excluding hydrogens is 262 g/mol. The van der Waals surface area contributed by atoms with Crippen molar-refractivity contribution in [2.75, 3.05) is 5.32 Å². The highest BCUT2D eigenvalue weighted by Crippen LogP contribution is 2.20. The molecule has 0 atom stereocenters. The highest BCUT2D eigenvalue weighted by molar-refractivity contribution is 5.90. The average molecular weight is 277 g/mol. The SMILES string of the molecule is O=C(Cn1cccn1)Nc1ccc(-c2ccccc2)cc1. The maximum absolute atomic E-state index is 11.9. The van der Waals surface area contributed by atoms with Crippen LogP contribution >= 0.6 is 0 Å². The topological polar surface area (TPSA) is 46.9 Å². The van der Waals surface area contributed by atoms with Gasteiger partial charge in [-0.1, -0.05) is 42.5 Å². The van der Waals surface area contributed by atoms with E-state index in [1.807, 2.05) is 42.5 Å². The summed E-state index contributed by atoms with van der Waals surface area (Å²) in [4.78, 5) is 11.9. The van der Waals surface area contributed by atoms with Crippen LogP contribution in [0.25, 0.3) is 11.1 Å². The summed E-state index contributed by atoms with van der Waals surface area (Å²) in [6, 6.07) is 19.7. The maximum atomic E-state index is 11.9. The molecule has 0 saturated heterocycles. The molecule has 0 aliphatic heterocycles. The molecular formula is C17H15N3O. The molecule has 0 spiro atoms. The number of hydrogen-bond acceptors (Lipinski definition) is 2. The molecule has 1 amide bonds. The Balaban J connectivity index is 1.66. The van der Waals surface area contributed by atoms with Crippen LogP contribution in [0.5, 0.6) is 0 Å². The molecule has 104 valence electrons. The van der Waals surface area contributed by atoms with Gasteiger partial charge < -0.3 is 5.32 Å². The van der Waals surface area contributed by atoms with Gasteiger partial charge in [0.2, 0.25) is 5.91 Å². The lowest BCUT2D eigenvalue weighted by molar-refractivity contribution is -0.116. The van der Waals surface area contributed by atoms with Crippen molar-refractivity contribution in [2.45, 2.75) is 6.54 Å². The van der Waals surface area contributed by atoms with Gasteiger partial charge in [0, 0.05) is 18.1 Å². The fourth-order valence-electron chi connectivity index (χ4n) is 2.12. The quantitative estimate of drug-likeness (QED) is 0.796. The third-order valence-electron chi connectivity index (χ3n) is 3.14. The van der Waals surface area contributed by atoms with Gasteiger partial charge in [-0.25, -0.2) is 0 Å². The lowest BCUT2D eigenvalue weighted by atomic mass is 10.1. The zero-order chi connectivity index (χ0) is 14.5. The molecule has 1 aromatic heterocycles. The minimum atomic E-state index is -0.0915. The van der Waals surface area contributed by atoms with Gasteiger partial charge >= 0.3 is 0 Å². The van der Waals surface area contributed by atoms with E-state index in [-0.39, 0.29) is 12.5 Å². The molecule has 2 aromatic carbocycles. The summed E-state index contributed by atoms with van der Waals surface area (Å²) >= 11 is 0. The smallest absolute Gasteiger partial charge is 0.246 e. The molecule has 3 rings (SSSR count). The summed E-state index contributed by atoms with van der Waals surface area (Å²) < 4.78 is 1.59. The van der Waals surface area contributed by atoms with Gasteiger partial charge in [0.1, 0.15) is 6.54 Å². The van der Waals surface area contributed by atoms with Gasteiger partial charge in [0.15, 0.2) is 0 Å². The van der Waals surface area contributed by atoms with E-state index in [2.05, 4.69) is 22.5 Å². The maximum Gasteiger partial charge on any atom is 0.246 e. The summed E-state index contributed by atoms with van der Waals surface area (Å²) in [5.41, 5.74) is 3.07. The van der Waals surface area contributed by atoms with Crippen LogP contribution in [0.3, 0.4) is 0 Å². The molecule has 0 bridgehead atoms. The molecule has 1 N–H and O–H groups in total. The van der Waals surface area contributed by atoms with E-state index in [4.69, 9.17) is 0 Å². The van der Waals surface area contributed by atoms with Crippen molar-refractivity contribution in [3.8, 4) is 11.1 Å². The second-order valence-electron chi connectivity index (χ2n) is 4.70. The van der Waals surface area contributed by atoms with Crippen molar-refractivity contribution >= 4 is 11.6 Å². The van der Waals surface area contributed by atoms with Crippen molar-refractivity contribution in [2.24, 2.45) is 0 Å². The zero-order valence-corrected chi connectivity index (χ0v) is 11.4. The number of amides is 1. The van der Waals surface area contributed by atoms with Crippen LogP contribution in [-0.2, 0) is 11.3 Å². The minimum Gasteiger partial charge on any atom is -0.324 e. The number of carbonyl (C=O) groups excluding carboxylic acids is 1. The first-order chi connectivity index (χ1) is 10.3. The molecule has 0 aliphatic rings. The molecule has 4 nitrogen and oxygen atoms in total. The molecule has 21 heavy (non-hydrogen) atoms. The number of aromatic nitrogens is 2. The van der Waals surface area contributed by atoms with E-state index in [9.17, 15) is 4.79 Å². The van der Waals surface area contributed by atoms with Gasteiger partial charge in [-0.3, -0.25) is 9.48 Å². The first-order valence-electron chi connectivity index (χ1n) is 6.74. The average Bonchev–Trinajstić information content (AvgIpc) is 3.02. The van der Waals surface area contributed by atoms with Crippen LogP contribution in [0.4, 0.5) is 5.69 Å². The Hall–Kier alpha value is -2.88. The Kier molecular flexibility index (Phi) is 3.78. The second-order valence-corrected chi connectivity index (χ2v) is 4.70. The molecule has 1 heterocycles. The Labute approximate surface area is 123 Å². The molecule has 0 unspecified atom stereocenters. The number of nitrogens with one attached hydrogen (secondary N) is 1. The number of rotatable bonds is 4. The van der Waals surface area contributed by atoms with Crippen molar-refractivity contribution in [1.29, 1.82) is 0 Å². The number of hydrogen-bond donors (Lipinski definition) is 1. The molecule has 4 heteroatoms. The van der Waals surface area contributed by atoms with Gasteiger partial charge in [0.05, 0.1) is 0 Å². The third-order valence-corrected chi connectivity index (χ3v) is 3.14. The molecule has 0 fully saturated rings. The Morgan fingerprint density at radius 1 is 0.952 bits per heavy atom. The molecule has 0 radical (unpaired) electrons. The summed E-state index contributed by atoms with van der Waals surface area (Å²) in [7, 11) is 0. The van der Waals surface area contributed by atoms with E-state index < -0.39 is 0 Å². The van der Waals surface area contributed by atoms with E-state index in [0.717, 1.165) is 16.8 Å². The second kappa shape index (κ2) is 6.05. The molecule has 0 saturated carbocycles. The van der Waals surface area contributed by atoms with Crippen molar-refractivity contribution in [3.63, 3.8) is 0 Å². The fraction of sp³-hybridized carbons (Fsp3) is 0.0588.